The van der Waals surface area contributed by atoms with Crippen LogP contribution in [-0.4, -0.2) is 29.4 Å². The van der Waals surface area contributed by atoms with Gasteiger partial charge in [-0.1, -0.05) is 18.9 Å². The number of hydrogen-bond donors (Lipinski definition) is 1. The highest BCUT2D eigenvalue weighted by atomic mass is 16.5. The van der Waals surface area contributed by atoms with E-state index in [4.69, 9.17) is 4.74 Å². The number of esters is 1. The molecule has 1 aliphatic heterocycles. The number of aliphatic carboxylic acids is 1. The van der Waals surface area contributed by atoms with Crippen LogP contribution in [0.25, 0.3) is 0 Å². The van der Waals surface area contributed by atoms with Crippen LogP contribution in [0.1, 0.15) is 58.8 Å². The van der Waals surface area contributed by atoms with E-state index in [9.17, 15) is 19.5 Å². The molecule has 1 N–H and O–H groups in total. The van der Waals surface area contributed by atoms with E-state index in [2.05, 4.69) is 6.92 Å². The Labute approximate surface area is 147 Å². The number of hydrogen-bond acceptors (Lipinski definition) is 4. The normalized spacial score (nSPS) is 37.9. The third-order valence-corrected chi connectivity index (χ3v) is 7.29. The Hall–Kier alpha value is -1.91. The van der Waals surface area contributed by atoms with E-state index in [0.29, 0.717) is 36.8 Å². The molecule has 0 saturated heterocycles. The third kappa shape index (κ3) is 2.10. The topological polar surface area (TPSA) is 80.7 Å². The zero-order valence-electron chi connectivity index (χ0n) is 14.8. The maximum Gasteiger partial charge on any atom is 0.334 e. The standard InChI is InChI=1S/C20H24O5/c1-19-8-3-9-20(2,18(23)24)15(19)7-5-12-14(19)6-4-11-13(16(12)21)10-25-17(11)22/h15H,3-10H2,1-2H3,(H,23,24). The Bertz CT molecular complexity index is 758. The summed E-state index contributed by atoms with van der Waals surface area (Å²) >= 11 is 0. The molecule has 3 atom stereocenters. The maximum absolute atomic E-state index is 13.1. The molecule has 0 radical (unpaired) electrons. The fraction of sp³-hybridized carbons (Fsp3) is 0.650. The first-order valence-electron chi connectivity index (χ1n) is 9.19. The van der Waals surface area contributed by atoms with E-state index in [0.717, 1.165) is 30.4 Å². The number of carbonyl (C=O) groups is 3. The number of ketones is 1. The summed E-state index contributed by atoms with van der Waals surface area (Å²) in [5, 5.41) is 9.87. The molecule has 134 valence electrons. The molecule has 0 aromatic heterocycles. The second-order valence-electron chi connectivity index (χ2n) is 8.40. The van der Waals surface area contributed by atoms with Crippen molar-refractivity contribution in [2.24, 2.45) is 16.7 Å². The Balaban J connectivity index is 1.79. The number of carbonyl (C=O) groups excluding carboxylic acids is 2. The minimum atomic E-state index is -0.740. The van der Waals surface area contributed by atoms with Gasteiger partial charge in [0.2, 0.25) is 0 Å². The zero-order chi connectivity index (χ0) is 18.0. The van der Waals surface area contributed by atoms with Crippen LogP contribution in [0.5, 0.6) is 0 Å². The van der Waals surface area contributed by atoms with Crippen molar-refractivity contribution in [1.29, 1.82) is 0 Å². The Morgan fingerprint density at radius 3 is 2.56 bits per heavy atom. The van der Waals surface area contributed by atoms with Gasteiger partial charge in [-0.3, -0.25) is 9.59 Å². The Morgan fingerprint density at radius 1 is 1.08 bits per heavy atom. The summed E-state index contributed by atoms with van der Waals surface area (Å²) < 4.78 is 5.07. The van der Waals surface area contributed by atoms with E-state index in [1.807, 2.05) is 6.92 Å². The Morgan fingerprint density at radius 2 is 1.84 bits per heavy atom. The first-order valence-corrected chi connectivity index (χ1v) is 9.19. The minimum Gasteiger partial charge on any atom is -0.481 e. The summed E-state index contributed by atoms with van der Waals surface area (Å²) in [6, 6.07) is 0. The smallest absolute Gasteiger partial charge is 0.334 e. The molecular weight excluding hydrogens is 320 g/mol. The van der Waals surface area contributed by atoms with Crippen molar-refractivity contribution in [1.82, 2.24) is 0 Å². The lowest BCUT2D eigenvalue weighted by atomic mass is 9.49. The summed E-state index contributed by atoms with van der Waals surface area (Å²) in [6.07, 6.45) is 5.00. The van der Waals surface area contributed by atoms with E-state index < -0.39 is 11.4 Å². The highest BCUT2D eigenvalue weighted by molar-refractivity contribution is 6.15. The van der Waals surface area contributed by atoms with Gasteiger partial charge < -0.3 is 9.84 Å². The number of ether oxygens (including phenoxy) is 1. The van der Waals surface area contributed by atoms with Gasteiger partial charge in [-0.15, -0.1) is 0 Å². The van der Waals surface area contributed by atoms with Crippen molar-refractivity contribution in [3.05, 3.63) is 22.3 Å². The van der Waals surface area contributed by atoms with Gasteiger partial charge in [-0.05, 0) is 62.4 Å². The number of carboxylic acid groups (broad SMARTS) is 1. The second-order valence-corrected chi connectivity index (χ2v) is 8.40. The van der Waals surface area contributed by atoms with Crippen LogP contribution in [0, 0.1) is 16.7 Å². The predicted molar refractivity (Wildman–Crippen MR) is 89.7 cm³/mol. The van der Waals surface area contributed by atoms with Gasteiger partial charge in [0.1, 0.15) is 6.61 Å². The number of allylic oxidation sites excluding steroid dienone is 2. The molecule has 4 rings (SSSR count). The van der Waals surface area contributed by atoms with Crippen LogP contribution in [0.4, 0.5) is 0 Å². The maximum atomic E-state index is 13.1. The van der Waals surface area contributed by atoms with Crippen LogP contribution in [-0.2, 0) is 19.1 Å². The molecule has 3 aliphatic carbocycles. The van der Waals surface area contributed by atoms with Crippen molar-refractivity contribution < 1.29 is 24.2 Å². The van der Waals surface area contributed by atoms with E-state index in [1.165, 1.54) is 0 Å². The lowest BCUT2D eigenvalue weighted by molar-refractivity contribution is -0.159. The number of carboxylic acids is 1. The summed E-state index contributed by atoms with van der Waals surface area (Å²) in [6.45, 7) is 4.11. The molecule has 1 fully saturated rings. The lowest BCUT2D eigenvalue weighted by Gasteiger charge is -2.54. The fourth-order valence-electron chi connectivity index (χ4n) is 5.92. The molecule has 25 heavy (non-hydrogen) atoms. The van der Waals surface area contributed by atoms with Crippen molar-refractivity contribution in [3.8, 4) is 0 Å². The summed E-state index contributed by atoms with van der Waals surface area (Å²) in [5.41, 5.74) is 2.01. The largest absolute Gasteiger partial charge is 0.481 e. The Kier molecular flexibility index (Phi) is 3.50. The molecule has 1 heterocycles. The first kappa shape index (κ1) is 16.6. The number of rotatable bonds is 1. The number of cyclic esters (lactones) is 1. The molecule has 5 heteroatoms. The third-order valence-electron chi connectivity index (χ3n) is 7.29. The quantitative estimate of drug-likeness (QED) is 0.739. The highest BCUT2D eigenvalue weighted by Crippen LogP contribution is 2.61. The molecule has 0 spiro atoms. The minimum absolute atomic E-state index is 0.0318. The van der Waals surface area contributed by atoms with Gasteiger partial charge in [-0.2, -0.15) is 0 Å². The molecule has 0 amide bonds. The van der Waals surface area contributed by atoms with Gasteiger partial charge in [0.05, 0.1) is 5.41 Å². The van der Waals surface area contributed by atoms with Gasteiger partial charge >= 0.3 is 11.9 Å². The average Bonchev–Trinajstić information content (AvgIpc) is 2.85. The van der Waals surface area contributed by atoms with Crippen LogP contribution >= 0.6 is 0 Å². The molecule has 4 aliphatic rings. The summed E-state index contributed by atoms with van der Waals surface area (Å²) in [5.74, 6) is -1.08. The van der Waals surface area contributed by atoms with Crippen molar-refractivity contribution in [2.75, 3.05) is 6.61 Å². The molecule has 1 saturated carbocycles. The van der Waals surface area contributed by atoms with Gasteiger partial charge in [0.25, 0.3) is 0 Å². The molecule has 0 aromatic carbocycles. The number of Topliss-reactive ketones (excluding diaryl/α,β-unsaturated/α-hetero) is 1. The van der Waals surface area contributed by atoms with E-state index >= 15 is 0 Å². The SMILES string of the molecule is CC1(C(=O)O)CCCC2(C)C3=C(CCC12)C(=O)C1=C(CC3)C(=O)OC1. The molecule has 3 unspecified atom stereocenters. The summed E-state index contributed by atoms with van der Waals surface area (Å²) in [4.78, 5) is 37.0. The van der Waals surface area contributed by atoms with Crippen molar-refractivity contribution >= 4 is 17.7 Å². The number of fused-ring (bicyclic) bond motifs is 2. The molecule has 0 bridgehead atoms. The van der Waals surface area contributed by atoms with Crippen LogP contribution in [0.3, 0.4) is 0 Å². The second kappa shape index (κ2) is 5.29. The summed E-state index contributed by atoms with van der Waals surface area (Å²) in [7, 11) is 0. The highest BCUT2D eigenvalue weighted by Gasteiger charge is 2.56. The van der Waals surface area contributed by atoms with Crippen LogP contribution in [0.15, 0.2) is 22.3 Å². The van der Waals surface area contributed by atoms with E-state index in [1.54, 1.807) is 0 Å². The average molecular weight is 344 g/mol. The van der Waals surface area contributed by atoms with E-state index in [-0.39, 0.29) is 29.7 Å². The molecular formula is C20H24O5. The zero-order valence-corrected chi connectivity index (χ0v) is 14.8. The van der Waals surface area contributed by atoms with Crippen molar-refractivity contribution in [2.45, 2.75) is 58.8 Å². The fourth-order valence-corrected chi connectivity index (χ4v) is 5.92. The lowest BCUT2D eigenvalue weighted by Crippen LogP contribution is -2.50. The van der Waals surface area contributed by atoms with Gasteiger partial charge in [0.15, 0.2) is 5.78 Å². The monoisotopic (exact) mass is 344 g/mol. The molecule has 0 aromatic rings. The van der Waals surface area contributed by atoms with Crippen LogP contribution < -0.4 is 0 Å². The predicted octanol–water partition coefficient (Wildman–Crippen LogP) is 3.19. The van der Waals surface area contributed by atoms with Gasteiger partial charge in [0, 0.05) is 11.1 Å². The first-order chi connectivity index (χ1) is 11.8. The van der Waals surface area contributed by atoms with Crippen molar-refractivity contribution in [3.63, 3.8) is 0 Å². The molecule has 5 nitrogen and oxygen atoms in total. The van der Waals surface area contributed by atoms with Crippen LogP contribution in [0.2, 0.25) is 0 Å². The van der Waals surface area contributed by atoms with Gasteiger partial charge in [-0.25, -0.2) is 4.79 Å².